The van der Waals surface area contributed by atoms with Gasteiger partial charge in [-0.05, 0) is 303 Å². The molecule has 634 valence electrons. The maximum absolute atomic E-state index is 8.40. The van der Waals surface area contributed by atoms with Crippen molar-refractivity contribution < 1.29 is 48.9 Å². The Labute approximate surface area is 773 Å². The molecule has 15 rings (SSSR count). The first-order valence-electron chi connectivity index (χ1n) is 52.6. The highest BCUT2D eigenvalue weighted by molar-refractivity contribution is 5.81. The first kappa shape index (κ1) is 69.4. The Morgan fingerprint density at radius 2 is 0.492 bits per heavy atom. The molecule has 0 fully saturated rings. The van der Waals surface area contributed by atoms with Crippen molar-refractivity contribution in [2.24, 2.45) is 35.2 Å². The molecule has 0 bridgehead atoms. The fraction of sp³-hybridized carbons (Fsp3) is 0.286. The summed E-state index contributed by atoms with van der Waals surface area (Å²) in [7, 11) is 9.79. The third-order valence-corrected chi connectivity index (χ3v) is 23.8. The van der Waals surface area contributed by atoms with E-state index in [2.05, 4.69) is 201 Å². The van der Waals surface area contributed by atoms with Gasteiger partial charge >= 0.3 is 0 Å². The minimum Gasteiger partial charge on any atom is -0.201 e. The van der Waals surface area contributed by atoms with Crippen LogP contribution in [0.4, 0.5) is 0 Å². The van der Waals surface area contributed by atoms with E-state index in [4.69, 9.17) is 26.0 Å². The molecule has 5 heteroatoms. The van der Waals surface area contributed by atoms with Crippen molar-refractivity contribution in [2.45, 2.75) is 196 Å². The molecule has 124 heavy (non-hydrogen) atoms. The SMILES string of the molecule is CCc1cc(-c2cc(-c3ccccc3)c(C)cc2C)[n+](C)cc1CC.Cc1cc(C)c(-c2cc(C)c(C(C)C)c[n+]2C)cc1-c1ccccc1.[2H]C([2H])([2H])c1cc(C)c(-c2cc(C([2H])([2H])C)c(C([2H])([2H])C)c[n+]2C)cc1-c1ccccc1.[2H]C([2H])([2H])c1cc(C)c(-c2cc(C([2H])([2H])C)c(C([2H])([2H])[2H])c[n+]2C)cc1-c1ccccc1.[2H]C([2H])([2H])c1cc(C)c(-c2cc(C)c(C([2H])(C)C)c[n+]2C)cc1-c1ccccc1. The first-order chi connectivity index (χ1) is 66.5. The highest BCUT2D eigenvalue weighted by atomic mass is 14.9. The summed E-state index contributed by atoms with van der Waals surface area (Å²) < 4.78 is 163. The van der Waals surface area contributed by atoms with Crippen molar-refractivity contribution in [3.8, 4) is 112 Å². The lowest BCUT2D eigenvalue weighted by Gasteiger charge is -2.14. The normalized spacial score (nSPS) is 14.1. The summed E-state index contributed by atoms with van der Waals surface area (Å²) >= 11 is 0. The number of pyridine rings is 5. The minimum absolute atomic E-state index is 0.0451. The van der Waals surface area contributed by atoms with Gasteiger partial charge in [0.25, 0.3) is 0 Å². The van der Waals surface area contributed by atoms with E-state index in [1.165, 1.54) is 116 Å². The van der Waals surface area contributed by atoms with Gasteiger partial charge in [-0.1, -0.05) is 244 Å². The third-order valence-electron chi connectivity index (χ3n) is 23.8. The van der Waals surface area contributed by atoms with Crippen LogP contribution in [0.1, 0.15) is 211 Å². The van der Waals surface area contributed by atoms with Gasteiger partial charge in [-0.3, -0.25) is 0 Å². The summed E-state index contributed by atoms with van der Waals surface area (Å²) in [4.78, 5) is 0. The van der Waals surface area contributed by atoms with Crippen LogP contribution in [-0.2, 0) is 67.2 Å². The molecule has 0 saturated heterocycles. The van der Waals surface area contributed by atoms with Crippen molar-refractivity contribution in [3.63, 3.8) is 0 Å². The van der Waals surface area contributed by atoms with Gasteiger partial charge in [0.05, 0.1) is 0 Å². The van der Waals surface area contributed by atoms with E-state index in [1.54, 1.807) is 72.7 Å². The van der Waals surface area contributed by atoms with Crippen molar-refractivity contribution in [2.75, 3.05) is 0 Å². The van der Waals surface area contributed by atoms with Crippen LogP contribution in [0.15, 0.2) is 274 Å². The molecule has 0 saturated carbocycles. The van der Waals surface area contributed by atoms with E-state index < -0.39 is 52.4 Å². The Bertz CT molecular complexity index is 6920. The molecule has 0 aliphatic heterocycles. The van der Waals surface area contributed by atoms with E-state index in [-0.39, 0.29) is 33.4 Å². The van der Waals surface area contributed by atoms with Crippen LogP contribution < -0.4 is 22.8 Å². The molecular formula is C119H138N5+5. The first-order valence-corrected chi connectivity index (χ1v) is 43.1. The van der Waals surface area contributed by atoms with Crippen LogP contribution in [0.2, 0.25) is 0 Å². The predicted molar refractivity (Wildman–Crippen MR) is 529 cm³/mol. The van der Waals surface area contributed by atoms with Crippen LogP contribution in [0, 0.1) is 89.7 Å². The summed E-state index contributed by atoms with van der Waals surface area (Å²) in [6, 6.07) is 79.7. The number of aromatic nitrogens is 5. The van der Waals surface area contributed by atoms with Crippen molar-refractivity contribution in [1.29, 1.82) is 0 Å². The summed E-state index contributed by atoms with van der Waals surface area (Å²) in [5, 5.41) is 0. The third kappa shape index (κ3) is 21.6. The fourth-order valence-electron chi connectivity index (χ4n) is 16.9. The zero-order valence-corrected chi connectivity index (χ0v) is 77.2. The van der Waals surface area contributed by atoms with Gasteiger partial charge < -0.3 is 0 Å². The average molecular weight is 1660 g/mol. The second-order valence-corrected chi connectivity index (χ2v) is 33.3. The maximum Gasteiger partial charge on any atom is 0.212 e. The Morgan fingerprint density at radius 3 is 0.790 bits per heavy atom. The molecule has 0 aliphatic carbocycles. The second kappa shape index (κ2) is 41.9. The van der Waals surface area contributed by atoms with Crippen molar-refractivity contribution in [1.82, 2.24) is 0 Å². The number of rotatable bonds is 17. The van der Waals surface area contributed by atoms with Gasteiger partial charge in [0.15, 0.2) is 31.0 Å². The fourth-order valence-corrected chi connectivity index (χ4v) is 16.9. The van der Waals surface area contributed by atoms with Gasteiger partial charge in [0.2, 0.25) is 28.5 Å². The van der Waals surface area contributed by atoms with Crippen molar-refractivity contribution >= 4 is 0 Å². The molecule has 5 heterocycles. The number of hydrogen-bond donors (Lipinski definition) is 0. The molecule has 5 aromatic heterocycles. The molecule has 0 N–H and O–H groups in total. The van der Waals surface area contributed by atoms with Gasteiger partial charge in [-0.15, -0.1) is 0 Å². The summed E-state index contributed by atoms with van der Waals surface area (Å²) in [6.07, 6.45) is 6.49. The van der Waals surface area contributed by atoms with Gasteiger partial charge in [-0.25, -0.2) is 22.8 Å². The molecular weight excluding hydrogens is 1500 g/mol. The van der Waals surface area contributed by atoms with E-state index in [0.717, 1.165) is 74.2 Å². The topological polar surface area (TPSA) is 19.4 Å². The number of nitrogens with zero attached hydrogens (tertiary/aromatic N) is 5. The Morgan fingerprint density at radius 1 is 0.242 bits per heavy atom. The van der Waals surface area contributed by atoms with Crippen LogP contribution in [0.3, 0.4) is 0 Å². The summed E-state index contributed by atoms with van der Waals surface area (Å²) in [5.41, 5.74) is 36.4. The lowest BCUT2D eigenvalue weighted by atomic mass is 9.92. The van der Waals surface area contributed by atoms with Gasteiger partial charge in [-0.2, -0.15) is 0 Å². The molecule has 0 radical (unpaired) electrons. The zero-order chi connectivity index (χ0) is 106. The zero-order valence-electron chi connectivity index (χ0n) is 96.2. The Kier molecular flexibility index (Phi) is 23.4. The van der Waals surface area contributed by atoms with Gasteiger partial charge in [0.1, 0.15) is 35.2 Å². The lowest BCUT2D eigenvalue weighted by Crippen LogP contribution is -2.32. The second-order valence-electron chi connectivity index (χ2n) is 33.3. The molecule has 0 spiro atoms. The monoisotopic (exact) mass is 1660 g/mol. The Hall–Kier alpha value is -12.1. The Balaban J connectivity index is 0.000000171. The summed E-state index contributed by atoms with van der Waals surface area (Å²) in [6.45, 7) is 26.4. The smallest absolute Gasteiger partial charge is 0.201 e. The summed E-state index contributed by atoms with van der Waals surface area (Å²) in [5.74, 6) is -0.144. The lowest BCUT2D eigenvalue weighted by molar-refractivity contribution is -0.661. The predicted octanol–water partition coefficient (Wildman–Crippen LogP) is 28.3. The largest absolute Gasteiger partial charge is 0.212 e. The van der Waals surface area contributed by atoms with E-state index >= 15 is 0 Å². The maximum atomic E-state index is 8.40. The van der Waals surface area contributed by atoms with Gasteiger partial charge in [0, 0.05) is 112 Å². The van der Waals surface area contributed by atoms with Crippen LogP contribution >= 0.6 is 0 Å². The number of aryl methyl sites for hydroxylation is 23. The molecule has 0 amide bonds. The van der Waals surface area contributed by atoms with Crippen LogP contribution in [0.25, 0.3) is 112 Å². The molecule has 5 nitrogen and oxygen atoms in total. The number of benzene rings is 10. The highest BCUT2D eigenvalue weighted by Gasteiger charge is 2.25. The average Bonchev–Trinajstić information content (AvgIpc) is 0.766. The molecule has 10 aromatic carbocycles. The van der Waals surface area contributed by atoms with E-state index in [9.17, 15) is 0 Å². The minimum atomic E-state index is -2.47. The molecule has 15 aromatic rings. The van der Waals surface area contributed by atoms with E-state index in [1.807, 2.05) is 156 Å². The van der Waals surface area contributed by atoms with E-state index in [0.29, 0.717) is 45.1 Å². The highest BCUT2D eigenvalue weighted by Crippen LogP contribution is 2.39. The van der Waals surface area contributed by atoms with Crippen molar-refractivity contribution in [3.05, 3.63) is 385 Å². The van der Waals surface area contributed by atoms with Crippen LogP contribution in [-0.4, -0.2) is 0 Å². The quantitative estimate of drug-likeness (QED) is 0.0810. The van der Waals surface area contributed by atoms with Crippen LogP contribution in [0.5, 0.6) is 0 Å². The molecule has 0 unspecified atom stereocenters. The molecule has 0 atom stereocenters. The number of hydrogen-bond acceptors (Lipinski definition) is 0. The standard InChI is InChI=1S/4C24H28N.C23H26N/c2*1-16(2)23-15-25(6)24(13-19(23)5)22-14-21(17(3)12-18(22)4)20-10-8-7-9-11-20;2*1-6-19-14-24(25(5)16-20(19)7-2)23-15-22(17(3)13-18(23)4)21-11-9-8-10-12-21;1-6-19-13-23(24(5)15-18(19)4)22-14-21(16(2)12-17(22)3)20-10-8-7-9-11-20/h2*7-16H,1-6H3;2*8-16H,6-7H2,1-5H3;7-15H,6H2,1-5H3/q5*+1/i3D3,16D;;3D3,6D2,7D2;;2D3,4D3,6D2. The molecule has 0 aliphatic rings.